The van der Waals surface area contributed by atoms with Gasteiger partial charge in [-0.15, -0.1) is 0 Å². The van der Waals surface area contributed by atoms with Crippen LogP contribution in [0.5, 0.6) is 0 Å². The van der Waals surface area contributed by atoms with Gasteiger partial charge in [0, 0.05) is 17.7 Å². The van der Waals surface area contributed by atoms with Crippen LogP contribution in [0.3, 0.4) is 0 Å². The number of carbonyl (C=O) groups is 2. The molecule has 0 spiro atoms. The highest BCUT2D eigenvalue weighted by Gasteiger charge is 2.36. The van der Waals surface area contributed by atoms with Crippen molar-refractivity contribution in [3.63, 3.8) is 0 Å². The Hall–Kier alpha value is -1.48. The van der Waals surface area contributed by atoms with Gasteiger partial charge in [-0.05, 0) is 0 Å². The summed E-state index contributed by atoms with van der Waals surface area (Å²) < 4.78 is 0. The molecule has 0 radical (unpaired) electrons. The summed E-state index contributed by atoms with van der Waals surface area (Å²) in [5.74, 6) is -0.913. The van der Waals surface area contributed by atoms with E-state index in [-0.39, 0.29) is 18.1 Å². The van der Waals surface area contributed by atoms with Crippen LogP contribution in [0, 0.1) is 5.92 Å². The minimum atomic E-state index is -0.641. The normalized spacial score (nSPS) is 16.4. The summed E-state index contributed by atoms with van der Waals surface area (Å²) in [6.45, 7) is 0.104. The van der Waals surface area contributed by atoms with Gasteiger partial charge < -0.3 is 5.73 Å². The van der Waals surface area contributed by atoms with E-state index < -0.39 is 5.92 Å². The maximum absolute atomic E-state index is 11.5. The van der Waals surface area contributed by atoms with Gasteiger partial charge in [-0.2, -0.15) is 0 Å². The predicted octanol–water partition coefficient (Wildman–Crippen LogP) is 0.640. The Morgan fingerprint density at radius 1 is 1.08 bits per heavy atom. The monoisotopic (exact) mass is 175 g/mol. The first-order valence-electron chi connectivity index (χ1n) is 4.13. The molecule has 13 heavy (non-hydrogen) atoms. The van der Waals surface area contributed by atoms with E-state index in [1.165, 1.54) is 0 Å². The topological polar surface area (TPSA) is 60.2 Å². The van der Waals surface area contributed by atoms with Gasteiger partial charge >= 0.3 is 0 Å². The zero-order valence-corrected chi connectivity index (χ0v) is 6.99. The van der Waals surface area contributed by atoms with Crippen LogP contribution < -0.4 is 5.73 Å². The lowest BCUT2D eigenvalue weighted by atomic mass is 10.1. The molecule has 0 heterocycles. The molecular weight excluding hydrogens is 166 g/mol. The number of nitrogens with two attached hydrogens (primary N) is 1. The Bertz CT molecular complexity index is 349. The number of hydrogen-bond donors (Lipinski definition) is 1. The number of carbonyl (C=O) groups excluding carboxylic acids is 2. The van der Waals surface area contributed by atoms with E-state index in [9.17, 15) is 9.59 Å². The molecule has 0 saturated heterocycles. The Morgan fingerprint density at radius 3 is 1.92 bits per heavy atom. The molecule has 3 nitrogen and oxygen atoms in total. The number of rotatable bonds is 1. The van der Waals surface area contributed by atoms with Gasteiger partial charge in [-0.1, -0.05) is 24.3 Å². The molecule has 0 atom stereocenters. The molecule has 0 aliphatic heterocycles. The summed E-state index contributed by atoms with van der Waals surface area (Å²) in [6.07, 6.45) is 0. The van der Waals surface area contributed by atoms with Crippen LogP contribution in [0.15, 0.2) is 24.3 Å². The maximum Gasteiger partial charge on any atom is 0.175 e. The zero-order valence-electron chi connectivity index (χ0n) is 6.99. The first kappa shape index (κ1) is 8.13. The smallest absolute Gasteiger partial charge is 0.175 e. The van der Waals surface area contributed by atoms with Gasteiger partial charge in [0.1, 0.15) is 0 Å². The first-order chi connectivity index (χ1) is 6.25. The number of Topliss-reactive ketones (excluding diaryl/α,β-unsaturated/α-hetero) is 2. The fraction of sp³-hybridized carbons (Fsp3) is 0.200. The molecule has 0 saturated carbocycles. The van der Waals surface area contributed by atoms with Crippen molar-refractivity contribution >= 4 is 11.6 Å². The van der Waals surface area contributed by atoms with Gasteiger partial charge in [-0.3, -0.25) is 9.59 Å². The summed E-state index contributed by atoms with van der Waals surface area (Å²) in [6, 6.07) is 6.85. The van der Waals surface area contributed by atoms with Crippen LogP contribution >= 0.6 is 0 Å². The fourth-order valence-corrected chi connectivity index (χ4v) is 1.62. The highest BCUT2D eigenvalue weighted by molar-refractivity contribution is 6.26. The maximum atomic E-state index is 11.5. The van der Waals surface area contributed by atoms with Gasteiger partial charge in [-0.25, -0.2) is 0 Å². The Kier molecular flexibility index (Phi) is 1.74. The average Bonchev–Trinajstić information content (AvgIpc) is 2.41. The number of benzene rings is 1. The highest BCUT2D eigenvalue weighted by Crippen LogP contribution is 2.25. The Morgan fingerprint density at radius 2 is 1.54 bits per heavy atom. The highest BCUT2D eigenvalue weighted by atomic mass is 16.2. The van der Waals surface area contributed by atoms with E-state index in [4.69, 9.17) is 5.73 Å². The molecule has 3 heteroatoms. The summed E-state index contributed by atoms with van der Waals surface area (Å²) >= 11 is 0. The van der Waals surface area contributed by atoms with E-state index in [1.54, 1.807) is 24.3 Å². The van der Waals surface area contributed by atoms with Gasteiger partial charge in [0.05, 0.1) is 5.92 Å². The molecule has 0 bridgehead atoms. The predicted molar refractivity (Wildman–Crippen MR) is 47.6 cm³/mol. The molecule has 1 aromatic carbocycles. The standard InChI is InChI=1S/C10H9NO2/c11-5-8-9(12)6-3-1-2-4-7(6)10(8)13/h1-4,8H,5,11H2. The fourth-order valence-electron chi connectivity index (χ4n) is 1.62. The third-order valence-electron chi connectivity index (χ3n) is 2.33. The molecule has 0 amide bonds. The van der Waals surface area contributed by atoms with Crippen LogP contribution in [0.4, 0.5) is 0 Å². The molecule has 1 aliphatic carbocycles. The summed E-state index contributed by atoms with van der Waals surface area (Å²) in [5, 5.41) is 0. The number of fused-ring (bicyclic) bond motifs is 1. The molecular formula is C10H9NO2. The van der Waals surface area contributed by atoms with Crippen LogP contribution in [0.25, 0.3) is 0 Å². The molecule has 0 unspecified atom stereocenters. The van der Waals surface area contributed by atoms with Crippen LogP contribution in [0.1, 0.15) is 20.7 Å². The molecule has 0 aromatic heterocycles. The summed E-state index contributed by atoms with van der Waals surface area (Å²) in [5.41, 5.74) is 6.39. The third kappa shape index (κ3) is 1.01. The van der Waals surface area contributed by atoms with Crippen LogP contribution in [-0.2, 0) is 0 Å². The molecule has 66 valence electrons. The van der Waals surface area contributed by atoms with Crippen molar-refractivity contribution in [3.8, 4) is 0 Å². The van der Waals surface area contributed by atoms with Gasteiger partial charge in [0.15, 0.2) is 11.6 Å². The van der Waals surface area contributed by atoms with E-state index in [1.807, 2.05) is 0 Å². The lowest BCUT2D eigenvalue weighted by molar-refractivity contribution is 0.0845. The van der Waals surface area contributed by atoms with Crippen molar-refractivity contribution in [2.45, 2.75) is 0 Å². The van der Waals surface area contributed by atoms with Crippen molar-refractivity contribution in [3.05, 3.63) is 35.4 Å². The van der Waals surface area contributed by atoms with Crippen molar-refractivity contribution in [1.82, 2.24) is 0 Å². The average molecular weight is 175 g/mol. The van der Waals surface area contributed by atoms with Crippen molar-refractivity contribution in [2.24, 2.45) is 11.7 Å². The first-order valence-corrected chi connectivity index (χ1v) is 4.13. The Balaban J connectivity index is 2.57. The van der Waals surface area contributed by atoms with Crippen molar-refractivity contribution in [1.29, 1.82) is 0 Å². The molecule has 1 aromatic rings. The minimum absolute atomic E-state index is 0.104. The number of hydrogen-bond acceptors (Lipinski definition) is 3. The summed E-state index contributed by atoms with van der Waals surface area (Å²) in [7, 11) is 0. The lowest BCUT2D eigenvalue weighted by Gasteiger charge is -1.99. The SMILES string of the molecule is NCC1C(=O)c2ccccc2C1=O. The molecule has 2 N–H and O–H groups in total. The second-order valence-corrected chi connectivity index (χ2v) is 3.06. The van der Waals surface area contributed by atoms with Gasteiger partial charge in [0.2, 0.25) is 0 Å². The minimum Gasteiger partial charge on any atom is -0.329 e. The molecule has 2 rings (SSSR count). The van der Waals surface area contributed by atoms with Gasteiger partial charge in [0.25, 0.3) is 0 Å². The molecule has 0 fully saturated rings. The molecule has 1 aliphatic rings. The van der Waals surface area contributed by atoms with Crippen molar-refractivity contribution in [2.75, 3.05) is 6.54 Å². The van der Waals surface area contributed by atoms with E-state index >= 15 is 0 Å². The van der Waals surface area contributed by atoms with E-state index in [2.05, 4.69) is 0 Å². The van der Waals surface area contributed by atoms with Crippen LogP contribution in [-0.4, -0.2) is 18.1 Å². The third-order valence-corrected chi connectivity index (χ3v) is 2.33. The zero-order chi connectivity index (χ0) is 9.42. The van der Waals surface area contributed by atoms with Crippen molar-refractivity contribution < 1.29 is 9.59 Å². The Labute approximate surface area is 75.5 Å². The number of ketones is 2. The van der Waals surface area contributed by atoms with E-state index in [0.29, 0.717) is 11.1 Å². The lowest BCUT2D eigenvalue weighted by Crippen LogP contribution is -2.24. The van der Waals surface area contributed by atoms with Crippen LogP contribution in [0.2, 0.25) is 0 Å². The van der Waals surface area contributed by atoms with E-state index in [0.717, 1.165) is 0 Å². The second kappa shape index (κ2) is 2.78. The summed E-state index contributed by atoms with van der Waals surface area (Å²) in [4.78, 5) is 23.1. The quantitative estimate of drug-likeness (QED) is 0.637. The largest absolute Gasteiger partial charge is 0.329 e. The second-order valence-electron chi connectivity index (χ2n) is 3.06.